The number of ether oxygens (including phenoxy) is 1. The summed E-state index contributed by atoms with van der Waals surface area (Å²) in [6, 6.07) is 23.6. The minimum absolute atomic E-state index is 0.161. The van der Waals surface area contributed by atoms with Crippen LogP contribution in [-0.4, -0.2) is 10.5 Å². The maximum absolute atomic E-state index is 13.5. The minimum Gasteiger partial charge on any atom is -0.423 e. The van der Waals surface area contributed by atoms with Gasteiger partial charge in [-0.1, -0.05) is 48.5 Å². The molecule has 0 aliphatic heterocycles. The van der Waals surface area contributed by atoms with Crippen molar-refractivity contribution in [2.75, 3.05) is 0 Å². The van der Waals surface area contributed by atoms with Crippen LogP contribution in [0.15, 0.2) is 84.9 Å². The quantitative estimate of drug-likeness (QED) is 0.214. The van der Waals surface area contributed by atoms with Crippen LogP contribution in [0.2, 0.25) is 0 Å². The van der Waals surface area contributed by atoms with Crippen LogP contribution in [0.5, 0.6) is 5.75 Å². The van der Waals surface area contributed by atoms with Crippen molar-refractivity contribution in [1.29, 1.82) is 0 Å². The standard InChI is InChI=1S/C26H22FNO2/c1-18(2)28-23-11-7-6-10-22(23)26(19-12-14-20(27)15-13-19)24(28)16-17-25(29)30-21-8-4-3-5-9-21/h3-18H,1-2H3. The average molecular weight is 399 g/mol. The van der Waals surface area contributed by atoms with Gasteiger partial charge in [-0.15, -0.1) is 0 Å². The molecule has 3 aromatic carbocycles. The molecule has 0 bridgehead atoms. The normalized spacial score (nSPS) is 11.5. The van der Waals surface area contributed by atoms with Crippen LogP contribution >= 0.6 is 0 Å². The SMILES string of the molecule is CC(C)n1c(C=CC(=O)Oc2ccccc2)c(-c2ccc(F)cc2)c2ccccc21. The molecule has 0 amide bonds. The molecule has 0 spiro atoms. The fourth-order valence-corrected chi connectivity index (χ4v) is 3.71. The molecule has 1 heterocycles. The number of hydrogen-bond donors (Lipinski definition) is 0. The lowest BCUT2D eigenvalue weighted by Gasteiger charge is -2.13. The van der Waals surface area contributed by atoms with E-state index in [-0.39, 0.29) is 11.9 Å². The Morgan fingerprint density at radius 2 is 1.60 bits per heavy atom. The van der Waals surface area contributed by atoms with Crippen molar-refractivity contribution in [2.45, 2.75) is 19.9 Å². The van der Waals surface area contributed by atoms with Crippen LogP contribution in [0.1, 0.15) is 25.6 Å². The Balaban J connectivity index is 1.83. The molecule has 150 valence electrons. The lowest BCUT2D eigenvalue weighted by atomic mass is 10.0. The first-order chi connectivity index (χ1) is 14.5. The van der Waals surface area contributed by atoms with Crippen LogP contribution in [0, 0.1) is 5.82 Å². The van der Waals surface area contributed by atoms with Gasteiger partial charge in [-0.2, -0.15) is 0 Å². The zero-order valence-corrected chi connectivity index (χ0v) is 16.9. The van der Waals surface area contributed by atoms with Gasteiger partial charge in [-0.25, -0.2) is 9.18 Å². The van der Waals surface area contributed by atoms with E-state index < -0.39 is 5.97 Å². The molecule has 0 N–H and O–H groups in total. The molecule has 1 aromatic heterocycles. The molecule has 0 unspecified atom stereocenters. The number of fused-ring (bicyclic) bond motifs is 1. The van der Waals surface area contributed by atoms with Gasteiger partial charge in [-0.05, 0) is 55.8 Å². The molecule has 0 saturated heterocycles. The molecule has 0 aliphatic carbocycles. The van der Waals surface area contributed by atoms with Crippen LogP contribution in [-0.2, 0) is 4.79 Å². The van der Waals surface area contributed by atoms with Crippen molar-refractivity contribution in [1.82, 2.24) is 4.57 Å². The molecular formula is C26H22FNO2. The summed E-state index contributed by atoms with van der Waals surface area (Å²) in [6.07, 6.45) is 3.22. The van der Waals surface area contributed by atoms with Crippen molar-refractivity contribution in [3.8, 4) is 16.9 Å². The number of aromatic nitrogens is 1. The van der Waals surface area contributed by atoms with Gasteiger partial charge in [-0.3, -0.25) is 0 Å². The fraction of sp³-hybridized carbons (Fsp3) is 0.115. The molecular weight excluding hydrogens is 377 g/mol. The number of carbonyl (C=O) groups is 1. The molecule has 4 heteroatoms. The molecule has 0 atom stereocenters. The minimum atomic E-state index is -0.452. The monoisotopic (exact) mass is 399 g/mol. The third kappa shape index (κ3) is 3.90. The highest BCUT2D eigenvalue weighted by molar-refractivity contribution is 6.02. The molecule has 3 nitrogen and oxygen atoms in total. The van der Waals surface area contributed by atoms with Crippen molar-refractivity contribution in [3.63, 3.8) is 0 Å². The number of halogens is 1. The van der Waals surface area contributed by atoms with E-state index in [1.54, 1.807) is 30.3 Å². The van der Waals surface area contributed by atoms with E-state index in [1.807, 2.05) is 36.4 Å². The van der Waals surface area contributed by atoms with Gasteiger partial charge in [0.05, 0.1) is 5.69 Å². The Hall–Kier alpha value is -3.66. The summed E-state index contributed by atoms with van der Waals surface area (Å²) in [5.41, 5.74) is 3.79. The summed E-state index contributed by atoms with van der Waals surface area (Å²) in [6.45, 7) is 4.20. The Bertz CT molecular complexity index is 1210. The Kier molecular flexibility index (Phi) is 5.48. The third-order valence-corrected chi connectivity index (χ3v) is 4.94. The molecule has 4 aromatic rings. The van der Waals surface area contributed by atoms with Crippen molar-refractivity contribution in [2.24, 2.45) is 0 Å². The number of hydrogen-bond acceptors (Lipinski definition) is 2. The Morgan fingerprint density at radius 1 is 0.933 bits per heavy atom. The van der Waals surface area contributed by atoms with E-state index in [1.165, 1.54) is 18.2 Å². The largest absolute Gasteiger partial charge is 0.423 e. The maximum atomic E-state index is 13.5. The molecule has 30 heavy (non-hydrogen) atoms. The van der Waals surface area contributed by atoms with E-state index >= 15 is 0 Å². The second-order valence-corrected chi connectivity index (χ2v) is 7.32. The summed E-state index contributed by atoms with van der Waals surface area (Å²) < 4.78 is 21.1. The summed E-state index contributed by atoms with van der Waals surface area (Å²) in [5, 5.41) is 1.05. The van der Waals surface area contributed by atoms with Crippen LogP contribution in [0.4, 0.5) is 4.39 Å². The Labute approximate surface area is 175 Å². The summed E-state index contributed by atoms with van der Waals surface area (Å²) in [4.78, 5) is 12.4. The van der Waals surface area contributed by atoms with Gasteiger partial charge >= 0.3 is 5.97 Å². The van der Waals surface area contributed by atoms with Gasteiger partial charge in [0.25, 0.3) is 0 Å². The highest BCUT2D eigenvalue weighted by Gasteiger charge is 2.18. The van der Waals surface area contributed by atoms with Crippen molar-refractivity contribution >= 4 is 22.9 Å². The van der Waals surface area contributed by atoms with E-state index in [4.69, 9.17) is 4.74 Å². The first-order valence-electron chi connectivity index (χ1n) is 9.88. The summed E-state index contributed by atoms with van der Waals surface area (Å²) >= 11 is 0. The number of rotatable bonds is 5. The molecule has 0 fully saturated rings. The molecule has 4 rings (SSSR count). The topological polar surface area (TPSA) is 31.2 Å². The van der Waals surface area contributed by atoms with Crippen molar-refractivity contribution in [3.05, 3.63) is 96.4 Å². The fourth-order valence-electron chi connectivity index (χ4n) is 3.71. The van der Waals surface area contributed by atoms with Gasteiger partial charge in [0.1, 0.15) is 11.6 Å². The second kappa shape index (κ2) is 8.37. The first-order valence-corrected chi connectivity index (χ1v) is 9.88. The molecule has 0 saturated carbocycles. The van der Waals surface area contributed by atoms with Gasteiger partial charge in [0, 0.05) is 28.6 Å². The lowest BCUT2D eigenvalue weighted by Crippen LogP contribution is -2.06. The number of para-hydroxylation sites is 2. The zero-order chi connectivity index (χ0) is 21.1. The second-order valence-electron chi connectivity index (χ2n) is 7.32. The summed E-state index contributed by atoms with van der Waals surface area (Å²) in [5.74, 6) is -0.239. The van der Waals surface area contributed by atoms with Gasteiger partial charge in [0.15, 0.2) is 0 Å². The zero-order valence-electron chi connectivity index (χ0n) is 16.9. The number of esters is 1. The lowest BCUT2D eigenvalue weighted by molar-refractivity contribution is -0.128. The van der Waals surface area contributed by atoms with Crippen LogP contribution in [0.3, 0.4) is 0 Å². The van der Waals surface area contributed by atoms with Gasteiger partial charge < -0.3 is 9.30 Å². The van der Waals surface area contributed by atoms with E-state index in [0.717, 1.165) is 27.7 Å². The Morgan fingerprint density at radius 3 is 2.30 bits per heavy atom. The number of carbonyl (C=O) groups excluding carboxylic acids is 1. The number of benzene rings is 3. The smallest absolute Gasteiger partial charge is 0.336 e. The van der Waals surface area contributed by atoms with E-state index in [2.05, 4.69) is 24.5 Å². The van der Waals surface area contributed by atoms with Crippen LogP contribution < -0.4 is 4.74 Å². The van der Waals surface area contributed by atoms with E-state index in [9.17, 15) is 9.18 Å². The predicted octanol–water partition coefficient (Wildman–Crippen LogP) is 6.65. The highest BCUT2D eigenvalue weighted by atomic mass is 19.1. The average Bonchev–Trinajstić information content (AvgIpc) is 3.08. The highest BCUT2D eigenvalue weighted by Crippen LogP contribution is 2.37. The van der Waals surface area contributed by atoms with Crippen LogP contribution in [0.25, 0.3) is 28.1 Å². The first kappa shape index (κ1) is 19.6. The van der Waals surface area contributed by atoms with Crippen molar-refractivity contribution < 1.29 is 13.9 Å². The number of nitrogens with zero attached hydrogens (tertiary/aromatic N) is 1. The predicted molar refractivity (Wildman–Crippen MR) is 119 cm³/mol. The maximum Gasteiger partial charge on any atom is 0.336 e. The summed E-state index contributed by atoms with van der Waals surface area (Å²) in [7, 11) is 0. The third-order valence-electron chi connectivity index (χ3n) is 4.94. The molecule has 0 aliphatic rings. The van der Waals surface area contributed by atoms with Gasteiger partial charge in [0.2, 0.25) is 0 Å². The van der Waals surface area contributed by atoms with E-state index in [0.29, 0.717) is 5.75 Å². The molecule has 0 radical (unpaired) electrons.